The van der Waals surface area contributed by atoms with Crippen LogP contribution in [0, 0.1) is 0 Å². The molecule has 4 aromatic rings. The van der Waals surface area contributed by atoms with Crippen LogP contribution in [0.2, 0.25) is 0 Å². The molecule has 0 aliphatic carbocycles. The van der Waals surface area contributed by atoms with Crippen molar-refractivity contribution in [2.24, 2.45) is 0 Å². The Hall–Kier alpha value is -3.76. The zero-order chi connectivity index (χ0) is 21.5. The summed E-state index contributed by atoms with van der Waals surface area (Å²) in [5, 5.41) is 28.4. The summed E-state index contributed by atoms with van der Waals surface area (Å²) in [6.45, 7) is 0. The molecule has 0 fully saturated rings. The topological polar surface area (TPSA) is 69.9 Å². The molecular formula is C26H24O4. The Morgan fingerprint density at radius 2 is 1.00 bits per heavy atom. The molecule has 0 saturated heterocycles. The second-order valence-electron chi connectivity index (χ2n) is 6.50. The molecule has 0 unspecified atom stereocenters. The summed E-state index contributed by atoms with van der Waals surface area (Å²) in [6.07, 6.45) is 0. The predicted octanol–water partition coefficient (Wildman–Crippen LogP) is 5.72. The van der Waals surface area contributed by atoms with E-state index in [1.165, 1.54) is 0 Å². The molecule has 4 nitrogen and oxygen atoms in total. The van der Waals surface area contributed by atoms with E-state index >= 15 is 0 Å². The van der Waals surface area contributed by atoms with Gasteiger partial charge in [0.2, 0.25) is 0 Å². The average molecular weight is 400 g/mol. The Kier molecular flexibility index (Phi) is 6.73. The van der Waals surface area contributed by atoms with Crippen LogP contribution in [0.3, 0.4) is 0 Å². The normalized spacial score (nSPS) is 10.1. The Bertz CT molecular complexity index is 1120. The SMILES string of the molecule is CO.COc1ccccc1-c1ccccc1-c1cc(O)c(-c2ccccc2)cc1O. The number of phenols is 2. The van der Waals surface area contributed by atoms with Crippen LogP contribution in [-0.2, 0) is 0 Å². The molecule has 0 amide bonds. The number of aromatic hydroxyl groups is 2. The van der Waals surface area contributed by atoms with E-state index in [9.17, 15) is 10.2 Å². The number of ether oxygens (including phenoxy) is 1. The highest BCUT2D eigenvalue weighted by Gasteiger charge is 2.16. The number of phenolic OH excluding ortho intramolecular Hbond substituents is 2. The van der Waals surface area contributed by atoms with Crippen molar-refractivity contribution in [3.8, 4) is 50.6 Å². The molecule has 0 heterocycles. The maximum Gasteiger partial charge on any atom is 0.126 e. The van der Waals surface area contributed by atoms with Gasteiger partial charge in [0.15, 0.2) is 0 Å². The molecule has 0 atom stereocenters. The van der Waals surface area contributed by atoms with Gasteiger partial charge in [0.05, 0.1) is 7.11 Å². The summed E-state index contributed by atoms with van der Waals surface area (Å²) in [4.78, 5) is 0. The number of methoxy groups -OCH3 is 1. The smallest absolute Gasteiger partial charge is 0.126 e. The summed E-state index contributed by atoms with van der Waals surface area (Å²) < 4.78 is 5.51. The number of hydrogen-bond acceptors (Lipinski definition) is 4. The standard InChI is InChI=1S/C25H20O3.CH4O/c1-28-25-14-8-7-13-20(25)18-11-5-6-12-19(18)22-16-23(26)21(15-24(22)27)17-9-3-2-4-10-17;1-2/h2-16,26-27H,1H3;2H,1H3. The van der Waals surface area contributed by atoms with E-state index in [0.29, 0.717) is 11.1 Å². The number of aliphatic hydroxyl groups excluding tert-OH is 1. The Balaban J connectivity index is 0.00000124. The fourth-order valence-corrected chi connectivity index (χ4v) is 3.46. The van der Waals surface area contributed by atoms with Crippen molar-refractivity contribution in [3.05, 3.63) is 91.0 Å². The lowest BCUT2D eigenvalue weighted by Crippen LogP contribution is -1.91. The lowest BCUT2D eigenvalue weighted by Gasteiger charge is -2.16. The molecule has 0 spiro atoms. The molecule has 0 bridgehead atoms. The minimum absolute atomic E-state index is 0.110. The van der Waals surface area contributed by atoms with Crippen LogP contribution in [0.15, 0.2) is 91.0 Å². The quantitative estimate of drug-likeness (QED) is 0.384. The van der Waals surface area contributed by atoms with Crippen LogP contribution >= 0.6 is 0 Å². The van der Waals surface area contributed by atoms with E-state index in [0.717, 1.165) is 35.1 Å². The first kappa shape index (κ1) is 21.0. The van der Waals surface area contributed by atoms with Crippen LogP contribution in [-0.4, -0.2) is 29.5 Å². The highest BCUT2D eigenvalue weighted by Crippen LogP contribution is 2.44. The first-order chi connectivity index (χ1) is 14.7. The maximum absolute atomic E-state index is 10.8. The summed E-state index contributed by atoms with van der Waals surface area (Å²) >= 11 is 0. The van der Waals surface area contributed by atoms with Gasteiger partial charge in [0.1, 0.15) is 17.2 Å². The van der Waals surface area contributed by atoms with Gasteiger partial charge in [-0.1, -0.05) is 72.8 Å². The highest BCUT2D eigenvalue weighted by molar-refractivity contribution is 5.90. The third-order valence-corrected chi connectivity index (χ3v) is 4.81. The number of hydrogen-bond donors (Lipinski definition) is 3. The van der Waals surface area contributed by atoms with Gasteiger partial charge >= 0.3 is 0 Å². The first-order valence-electron chi connectivity index (χ1n) is 9.48. The number of aliphatic hydroxyl groups is 1. The van der Waals surface area contributed by atoms with Crippen molar-refractivity contribution >= 4 is 0 Å². The van der Waals surface area contributed by atoms with E-state index in [1.807, 2.05) is 78.9 Å². The van der Waals surface area contributed by atoms with Gasteiger partial charge in [0, 0.05) is 23.8 Å². The zero-order valence-corrected chi connectivity index (χ0v) is 16.9. The zero-order valence-electron chi connectivity index (χ0n) is 16.9. The van der Waals surface area contributed by atoms with Crippen LogP contribution in [0.5, 0.6) is 17.2 Å². The molecule has 0 radical (unpaired) electrons. The molecule has 4 aromatic carbocycles. The van der Waals surface area contributed by atoms with E-state index in [4.69, 9.17) is 9.84 Å². The van der Waals surface area contributed by atoms with Gasteiger partial charge in [-0.3, -0.25) is 0 Å². The summed E-state index contributed by atoms with van der Waals surface area (Å²) in [5.74, 6) is 0.979. The van der Waals surface area contributed by atoms with Crippen LogP contribution in [0.4, 0.5) is 0 Å². The van der Waals surface area contributed by atoms with E-state index in [1.54, 1.807) is 19.2 Å². The monoisotopic (exact) mass is 400 g/mol. The molecule has 4 rings (SSSR count). The van der Waals surface area contributed by atoms with Crippen molar-refractivity contribution in [1.29, 1.82) is 0 Å². The lowest BCUT2D eigenvalue weighted by atomic mass is 9.92. The minimum atomic E-state index is 0.110. The van der Waals surface area contributed by atoms with Crippen molar-refractivity contribution in [2.45, 2.75) is 0 Å². The highest BCUT2D eigenvalue weighted by atomic mass is 16.5. The van der Waals surface area contributed by atoms with E-state index in [-0.39, 0.29) is 11.5 Å². The van der Waals surface area contributed by atoms with Crippen LogP contribution in [0.25, 0.3) is 33.4 Å². The Morgan fingerprint density at radius 1 is 0.533 bits per heavy atom. The fraction of sp³-hybridized carbons (Fsp3) is 0.0769. The van der Waals surface area contributed by atoms with Crippen molar-refractivity contribution < 1.29 is 20.1 Å². The molecule has 4 heteroatoms. The summed E-state index contributed by atoms with van der Waals surface area (Å²) in [6, 6.07) is 28.3. The van der Waals surface area contributed by atoms with Gasteiger partial charge in [-0.05, 0) is 34.9 Å². The minimum Gasteiger partial charge on any atom is -0.507 e. The van der Waals surface area contributed by atoms with E-state index in [2.05, 4.69) is 0 Å². The maximum atomic E-state index is 10.8. The summed E-state index contributed by atoms with van der Waals surface area (Å²) in [5.41, 5.74) is 4.67. The van der Waals surface area contributed by atoms with Gasteiger partial charge < -0.3 is 20.1 Å². The molecule has 152 valence electrons. The molecule has 0 aliphatic rings. The molecule has 0 saturated carbocycles. The fourth-order valence-electron chi connectivity index (χ4n) is 3.46. The number of rotatable bonds is 4. The third kappa shape index (κ3) is 4.14. The van der Waals surface area contributed by atoms with Gasteiger partial charge in [-0.15, -0.1) is 0 Å². The third-order valence-electron chi connectivity index (χ3n) is 4.81. The Morgan fingerprint density at radius 3 is 1.63 bits per heavy atom. The van der Waals surface area contributed by atoms with Gasteiger partial charge in [0.25, 0.3) is 0 Å². The lowest BCUT2D eigenvalue weighted by molar-refractivity contribution is 0.399. The van der Waals surface area contributed by atoms with Crippen molar-refractivity contribution in [2.75, 3.05) is 14.2 Å². The molecule has 3 N–H and O–H groups in total. The first-order valence-corrected chi connectivity index (χ1v) is 9.48. The molecule has 0 aromatic heterocycles. The average Bonchev–Trinajstić information content (AvgIpc) is 2.82. The Labute approximate surface area is 176 Å². The molecular weight excluding hydrogens is 376 g/mol. The van der Waals surface area contributed by atoms with E-state index < -0.39 is 0 Å². The van der Waals surface area contributed by atoms with Crippen LogP contribution in [0.1, 0.15) is 0 Å². The predicted molar refractivity (Wildman–Crippen MR) is 121 cm³/mol. The largest absolute Gasteiger partial charge is 0.507 e. The number of para-hydroxylation sites is 1. The second kappa shape index (κ2) is 9.63. The molecule has 0 aliphatic heterocycles. The summed E-state index contributed by atoms with van der Waals surface area (Å²) in [7, 11) is 2.64. The second-order valence-corrected chi connectivity index (χ2v) is 6.50. The van der Waals surface area contributed by atoms with Gasteiger partial charge in [-0.25, -0.2) is 0 Å². The van der Waals surface area contributed by atoms with Crippen molar-refractivity contribution in [1.82, 2.24) is 0 Å². The van der Waals surface area contributed by atoms with Crippen molar-refractivity contribution in [3.63, 3.8) is 0 Å². The molecule has 30 heavy (non-hydrogen) atoms. The van der Waals surface area contributed by atoms with Crippen LogP contribution < -0.4 is 4.74 Å². The number of benzene rings is 4. The van der Waals surface area contributed by atoms with Gasteiger partial charge in [-0.2, -0.15) is 0 Å².